The normalized spacial score (nSPS) is 13.6. The Morgan fingerprint density at radius 3 is 2.50 bits per heavy atom. The number of hydrogen-bond donors (Lipinski definition) is 2. The van der Waals surface area contributed by atoms with Gasteiger partial charge in [0.2, 0.25) is 0 Å². The zero-order valence-electron chi connectivity index (χ0n) is 10.6. The van der Waals surface area contributed by atoms with Crippen LogP contribution in [0, 0.1) is 5.82 Å². The highest BCUT2D eigenvalue weighted by Crippen LogP contribution is 2.14. The molecule has 1 rings (SSSR count). The first kappa shape index (κ1) is 15.4. The molecule has 0 spiro atoms. The molecule has 5 heteroatoms. The fourth-order valence-corrected chi connectivity index (χ4v) is 1.98. The summed E-state index contributed by atoms with van der Waals surface area (Å²) >= 11 is 0.509. The van der Waals surface area contributed by atoms with Gasteiger partial charge in [-0.3, -0.25) is 0 Å². The summed E-state index contributed by atoms with van der Waals surface area (Å²) in [4.78, 5) is 0. The van der Waals surface area contributed by atoms with E-state index in [2.05, 4.69) is 5.32 Å². The van der Waals surface area contributed by atoms with Crippen LogP contribution < -0.4 is 5.32 Å². The van der Waals surface area contributed by atoms with Crippen LogP contribution in [-0.4, -0.2) is 28.6 Å². The molecule has 1 aromatic carbocycles. The Labute approximate surface area is 111 Å². The van der Waals surface area contributed by atoms with E-state index in [0.717, 1.165) is 5.56 Å². The number of hydrogen-bond acceptors (Lipinski definition) is 3. The predicted octanol–water partition coefficient (Wildman–Crippen LogP) is 3.28. The van der Waals surface area contributed by atoms with Crippen molar-refractivity contribution in [3.8, 4) is 0 Å². The van der Waals surface area contributed by atoms with E-state index in [9.17, 15) is 8.78 Å². The van der Waals surface area contributed by atoms with Crippen molar-refractivity contribution in [1.82, 2.24) is 5.32 Å². The SMILES string of the molecule is CC(C)(Cc1ccc(F)cc1)NCC(F)CSO. The van der Waals surface area contributed by atoms with Crippen LogP contribution >= 0.6 is 12.0 Å². The molecular weight excluding hydrogens is 256 g/mol. The summed E-state index contributed by atoms with van der Waals surface area (Å²) in [5.74, 6) is -0.187. The molecule has 0 aromatic heterocycles. The molecular formula is C13H19F2NOS. The van der Waals surface area contributed by atoms with Crippen molar-refractivity contribution in [2.24, 2.45) is 0 Å². The molecule has 0 bridgehead atoms. The van der Waals surface area contributed by atoms with Crippen molar-refractivity contribution < 1.29 is 13.3 Å². The minimum absolute atomic E-state index is 0.0691. The third kappa shape index (κ3) is 5.80. The molecule has 102 valence electrons. The van der Waals surface area contributed by atoms with Crippen molar-refractivity contribution in [3.05, 3.63) is 35.6 Å². The van der Waals surface area contributed by atoms with Gasteiger partial charge in [0.05, 0.1) is 5.75 Å². The Morgan fingerprint density at radius 2 is 1.94 bits per heavy atom. The summed E-state index contributed by atoms with van der Waals surface area (Å²) in [7, 11) is 0. The summed E-state index contributed by atoms with van der Waals surface area (Å²) < 4.78 is 34.5. The molecule has 1 unspecified atom stereocenters. The molecule has 1 aromatic rings. The summed E-state index contributed by atoms with van der Waals surface area (Å²) in [6, 6.07) is 6.31. The van der Waals surface area contributed by atoms with Crippen LogP contribution in [0.25, 0.3) is 0 Å². The maximum atomic E-state index is 13.2. The number of alkyl halides is 1. The number of nitrogens with one attached hydrogen (secondary N) is 1. The van der Waals surface area contributed by atoms with Crippen LogP contribution in [0.3, 0.4) is 0 Å². The van der Waals surface area contributed by atoms with Crippen molar-refractivity contribution in [3.63, 3.8) is 0 Å². The molecule has 18 heavy (non-hydrogen) atoms. The molecule has 0 radical (unpaired) electrons. The van der Waals surface area contributed by atoms with E-state index >= 15 is 0 Å². The van der Waals surface area contributed by atoms with Crippen molar-refractivity contribution >= 4 is 12.0 Å². The first-order valence-corrected chi connectivity index (χ1v) is 6.77. The lowest BCUT2D eigenvalue weighted by atomic mass is 9.95. The minimum Gasteiger partial charge on any atom is -0.330 e. The van der Waals surface area contributed by atoms with E-state index in [-0.39, 0.29) is 23.7 Å². The highest BCUT2D eigenvalue weighted by molar-refractivity contribution is 7.93. The lowest BCUT2D eigenvalue weighted by molar-refractivity contribution is 0.295. The molecule has 0 heterocycles. The topological polar surface area (TPSA) is 32.3 Å². The zero-order valence-corrected chi connectivity index (χ0v) is 11.4. The van der Waals surface area contributed by atoms with E-state index in [1.165, 1.54) is 12.1 Å². The predicted molar refractivity (Wildman–Crippen MR) is 72.2 cm³/mol. The molecule has 0 fully saturated rings. The van der Waals surface area contributed by atoms with Gasteiger partial charge in [-0.2, -0.15) is 0 Å². The van der Waals surface area contributed by atoms with Gasteiger partial charge >= 0.3 is 0 Å². The van der Waals surface area contributed by atoms with E-state index in [1.54, 1.807) is 12.1 Å². The fourth-order valence-electron chi connectivity index (χ4n) is 1.70. The molecule has 0 aliphatic rings. The number of rotatable bonds is 7. The average Bonchev–Trinajstić information content (AvgIpc) is 2.30. The molecule has 0 aliphatic heterocycles. The minimum atomic E-state index is -1.08. The molecule has 0 saturated carbocycles. The van der Waals surface area contributed by atoms with Crippen molar-refractivity contribution in [1.29, 1.82) is 0 Å². The van der Waals surface area contributed by atoms with Crippen LogP contribution in [0.4, 0.5) is 8.78 Å². The van der Waals surface area contributed by atoms with Crippen LogP contribution in [-0.2, 0) is 6.42 Å². The third-order valence-corrected chi connectivity index (χ3v) is 3.13. The Hall–Kier alpha value is -0.650. The highest BCUT2D eigenvalue weighted by Gasteiger charge is 2.19. The number of halogens is 2. The van der Waals surface area contributed by atoms with Crippen LogP contribution in [0.15, 0.2) is 24.3 Å². The Balaban J connectivity index is 2.46. The summed E-state index contributed by atoms with van der Waals surface area (Å²) in [6.07, 6.45) is -0.390. The van der Waals surface area contributed by atoms with E-state index in [0.29, 0.717) is 18.5 Å². The van der Waals surface area contributed by atoms with Crippen LogP contribution in [0.2, 0.25) is 0 Å². The highest BCUT2D eigenvalue weighted by atomic mass is 32.2. The zero-order chi connectivity index (χ0) is 13.6. The van der Waals surface area contributed by atoms with Gasteiger partial charge in [0.1, 0.15) is 12.0 Å². The van der Waals surface area contributed by atoms with Crippen molar-refractivity contribution in [2.75, 3.05) is 12.3 Å². The molecule has 0 saturated heterocycles. The first-order valence-electron chi connectivity index (χ1n) is 5.83. The second-order valence-corrected chi connectivity index (χ2v) is 5.55. The fraction of sp³-hybridized carbons (Fsp3) is 0.538. The standard InChI is InChI=1S/C13H19F2NOS/c1-13(2,16-8-12(15)9-18-17)7-10-3-5-11(14)6-4-10/h3-6,12,16-17H,7-9H2,1-2H3. The lowest BCUT2D eigenvalue weighted by Gasteiger charge is -2.27. The van der Waals surface area contributed by atoms with Gasteiger partial charge in [0, 0.05) is 12.1 Å². The first-order chi connectivity index (χ1) is 8.43. The summed E-state index contributed by atoms with van der Waals surface area (Å²) in [5, 5.41) is 3.11. The molecule has 2 N–H and O–H groups in total. The monoisotopic (exact) mass is 275 g/mol. The van der Waals surface area contributed by atoms with E-state index in [1.807, 2.05) is 13.8 Å². The van der Waals surface area contributed by atoms with E-state index in [4.69, 9.17) is 4.55 Å². The summed E-state index contributed by atoms with van der Waals surface area (Å²) in [6.45, 7) is 4.13. The van der Waals surface area contributed by atoms with E-state index < -0.39 is 6.17 Å². The van der Waals surface area contributed by atoms with Gasteiger partial charge in [-0.15, -0.1) is 0 Å². The van der Waals surface area contributed by atoms with Gasteiger partial charge in [-0.05, 0) is 50.0 Å². The van der Waals surface area contributed by atoms with Gasteiger partial charge in [0.25, 0.3) is 0 Å². The molecule has 0 amide bonds. The third-order valence-electron chi connectivity index (χ3n) is 2.62. The van der Waals surface area contributed by atoms with Gasteiger partial charge in [0.15, 0.2) is 0 Å². The van der Waals surface area contributed by atoms with Crippen LogP contribution in [0.1, 0.15) is 19.4 Å². The Bertz CT molecular complexity index is 357. The molecule has 2 nitrogen and oxygen atoms in total. The van der Waals surface area contributed by atoms with Gasteiger partial charge in [-0.1, -0.05) is 12.1 Å². The second kappa shape index (κ2) is 7.07. The van der Waals surface area contributed by atoms with Gasteiger partial charge < -0.3 is 9.87 Å². The maximum absolute atomic E-state index is 13.2. The molecule has 1 atom stereocenters. The average molecular weight is 275 g/mol. The summed E-state index contributed by atoms with van der Waals surface area (Å²) in [5.41, 5.74) is 0.725. The largest absolute Gasteiger partial charge is 0.330 e. The Morgan fingerprint density at radius 1 is 1.33 bits per heavy atom. The Kier molecular flexibility index (Phi) is 6.05. The van der Waals surface area contributed by atoms with Gasteiger partial charge in [-0.25, -0.2) is 8.78 Å². The second-order valence-electron chi connectivity index (χ2n) is 4.96. The van der Waals surface area contributed by atoms with Crippen LogP contribution in [0.5, 0.6) is 0 Å². The molecule has 0 aliphatic carbocycles. The van der Waals surface area contributed by atoms with Crippen molar-refractivity contribution in [2.45, 2.75) is 32.0 Å². The maximum Gasteiger partial charge on any atom is 0.124 e. The quantitative estimate of drug-likeness (QED) is 0.749. The smallest absolute Gasteiger partial charge is 0.124 e. The number of benzene rings is 1. The lowest BCUT2D eigenvalue weighted by Crippen LogP contribution is -2.44.